The van der Waals surface area contributed by atoms with Crippen molar-refractivity contribution >= 4 is 22.4 Å². The maximum atomic E-state index is 13.9. The minimum absolute atomic E-state index is 0.0443. The van der Waals surface area contributed by atoms with E-state index in [0.29, 0.717) is 17.0 Å². The quantitative estimate of drug-likeness (QED) is 0.103. The summed E-state index contributed by atoms with van der Waals surface area (Å²) in [6, 6.07) is 29.5. The fourth-order valence-electron chi connectivity index (χ4n) is 6.87. The van der Waals surface area contributed by atoms with Crippen molar-refractivity contribution in [3.63, 3.8) is 0 Å². The van der Waals surface area contributed by atoms with Crippen LogP contribution >= 0.6 is 0 Å². The van der Waals surface area contributed by atoms with Crippen molar-refractivity contribution < 1.29 is 4.79 Å². The first-order valence-electron chi connectivity index (χ1n) is 18.1. The Morgan fingerprint density at radius 3 is 1.87 bits per heavy atom. The van der Waals surface area contributed by atoms with Gasteiger partial charge in [0.2, 0.25) is 0 Å². The zero-order valence-electron chi connectivity index (χ0n) is 28.3. The number of carbonyl (C=O) groups is 1. The van der Waals surface area contributed by atoms with Crippen LogP contribution in [0.25, 0.3) is 44.7 Å². The standard InChI is InChI=1S/C43H49N3O/c1-3-5-7-9-11-13-17-31-20-22-32(23-21-31)33-24-26-34(27-25-33)43-45-38-29-28-37(44-30-16-12-10-8-6-4-2)40-39(38)41(46-43)35-18-14-15-19-36(35)42(40)47/h14-15,18-29,44H,3-13,16-17,30H2,1-2H3. The zero-order valence-corrected chi connectivity index (χ0v) is 28.3. The van der Waals surface area contributed by atoms with Crippen LogP contribution in [0.4, 0.5) is 5.69 Å². The number of carbonyl (C=O) groups excluding carboxylic acids is 1. The summed E-state index contributed by atoms with van der Waals surface area (Å²) >= 11 is 0. The van der Waals surface area contributed by atoms with Crippen molar-refractivity contribution in [2.45, 2.75) is 97.3 Å². The molecule has 0 fully saturated rings. The van der Waals surface area contributed by atoms with Crippen LogP contribution in [0.1, 0.15) is 112 Å². The first kappa shape index (κ1) is 32.6. The molecule has 1 aliphatic carbocycles. The van der Waals surface area contributed by atoms with Crippen LogP contribution < -0.4 is 5.32 Å². The van der Waals surface area contributed by atoms with Crippen molar-refractivity contribution in [1.82, 2.24) is 9.97 Å². The molecule has 0 unspecified atom stereocenters. The number of hydrogen-bond acceptors (Lipinski definition) is 4. The van der Waals surface area contributed by atoms with Gasteiger partial charge in [-0.05, 0) is 48.1 Å². The largest absolute Gasteiger partial charge is 0.384 e. The summed E-state index contributed by atoms with van der Waals surface area (Å²) in [4.78, 5) is 24.0. The average Bonchev–Trinajstić information content (AvgIpc) is 3.12. The molecule has 1 N–H and O–H groups in total. The molecule has 0 spiro atoms. The number of nitrogens with zero attached hydrogens (tertiary/aromatic N) is 2. The molecule has 6 rings (SSSR count). The minimum Gasteiger partial charge on any atom is -0.384 e. The Morgan fingerprint density at radius 2 is 1.17 bits per heavy atom. The molecule has 4 aromatic carbocycles. The van der Waals surface area contributed by atoms with Crippen molar-refractivity contribution in [3.05, 3.63) is 102 Å². The van der Waals surface area contributed by atoms with E-state index < -0.39 is 0 Å². The van der Waals surface area contributed by atoms with E-state index >= 15 is 0 Å². The lowest BCUT2D eigenvalue weighted by atomic mass is 9.85. The van der Waals surface area contributed by atoms with E-state index in [1.165, 1.54) is 87.3 Å². The number of unbranched alkanes of at least 4 members (excludes halogenated alkanes) is 10. The molecule has 0 aliphatic heterocycles. The van der Waals surface area contributed by atoms with E-state index in [4.69, 9.17) is 9.97 Å². The summed E-state index contributed by atoms with van der Waals surface area (Å²) in [6.07, 6.45) is 16.5. The highest BCUT2D eigenvalue weighted by atomic mass is 16.1. The lowest BCUT2D eigenvalue weighted by Crippen LogP contribution is -2.15. The molecule has 0 amide bonds. The molecule has 1 aromatic heterocycles. The van der Waals surface area contributed by atoms with Crippen LogP contribution in [0.15, 0.2) is 84.9 Å². The molecular formula is C43H49N3O. The second-order valence-electron chi connectivity index (χ2n) is 13.1. The van der Waals surface area contributed by atoms with Gasteiger partial charge in [0.15, 0.2) is 11.6 Å². The highest BCUT2D eigenvalue weighted by Gasteiger charge is 2.29. The number of aryl methyl sites for hydroxylation is 1. The Labute approximate surface area is 281 Å². The zero-order chi connectivity index (χ0) is 32.4. The van der Waals surface area contributed by atoms with Crippen molar-refractivity contribution in [2.24, 2.45) is 0 Å². The van der Waals surface area contributed by atoms with Crippen LogP contribution in [0, 0.1) is 0 Å². The van der Waals surface area contributed by atoms with E-state index in [2.05, 4.69) is 67.7 Å². The summed E-state index contributed by atoms with van der Waals surface area (Å²) < 4.78 is 0. The van der Waals surface area contributed by atoms with Gasteiger partial charge in [-0.3, -0.25) is 4.79 Å². The molecule has 47 heavy (non-hydrogen) atoms. The predicted octanol–water partition coefficient (Wildman–Crippen LogP) is 11.9. The second kappa shape index (κ2) is 16.0. The summed E-state index contributed by atoms with van der Waals surface area (Å²) in [7, 11) is 0. The second-order valence-corrected chi connectivity index (χ2v) is 13.1. The molecule has 1 heterocycles. The smallest absolute Gasteiger partial charge is 0.196 e. The number of hydrogen-bond donors (Lipinski definition) is 1. The number of nitrogens with one attached hydrogen (secondary N) is 1. The monoisotopic (exact) mass is 623 g/mol. The maximum Gasteiger partial charge on any atom is 0.196 e. The molecule has 4 nitrogen and oxygen atoms in total. The molecule has 0 radical (unpaired) electrons. The van der Waals surface area contributed by atoms with Crippen LogP contribution in [0.2, 0.25) is 0 Å². The fourth-order valence-corrected chi connectivity index (χ4v) is 6.87. The minimum atomic E-state index is 0.0443. The van der Waals surface area contributed by atoms with Gasteiger partial charge in [-0.2, -0.15) is 0 Å². The molecule has 5 aromatic rings. The Balaban J connectivity index is 1.22. The first-order valence-corrected chi connectivity index (χ1v) is 18.1. The van der Waals surface area contributed by atoms with Gasteiger partial charge >= 0.3 is 0 Å². The van der Waals surface area contributed by atoms with E-state index in [9.17, 15) is 4.79 Å². The number of fused-ring (bicyclic) bond motifs is 2. The van der Waals surface area contributed by atoms with Crippen LogP contribution in [-0.2, 0) is 6.42 Å². The summed E-state index contributed by atoms with van der Waals surface area (Å²) in [5.74, 6) is 0.721. The maximum absolute atomic E-state index is 13.9. The van der Waals surface area contributed by atoms with E-state index in [1.54, 1.807) is 0 Å². The van der Waals surface area contributed by atoms with Gasteiger partial charge in [0, 0.05) is 34.3 Å². The normalized spacial score (nSPS) is 12.0. The number of ketones is 1. The third kappa shape index (κ3) is 7.64. The SMILES string of the molecule is CCCCCCCCNc1ccc2nc(-c3ccc(-c4ccc(CCCCCCCC)cc4)cc3)nc3c2c1C(=O)c1ccccc1-3. The molecule has 0 atom stereocenters. The van der Waals surface area contributed by atoms with Crippen LogP contribution in [-0.4, -0.2) is 22.3 Å². The van der Waals surface area contributed by atoms with Gasteiger partial charge in [0.25, 0.3) is 0 Å². The van der Waals surface area contributed by atoms with Crippen LogP contribution in [0.5, 0.6) is 0 Å². The average molecular weight is 624 g/mol. The molecule has 0 bridgehead atoms. The molecular weight excluding hydrogens is 574 g/mol. The topological polar surface area (TPSA) is 54.9 Å². The number of anilines is 1. The molecule has 1 aliphatic rings. The van der Waals surface area contributed by atoms with Crippen LogP contribution in [0.3, 0.4) is 0 Å². The first-order chi connectivity index (χ1) is 23.2. The number of aromatic nitrogens is 2. The third-order valence-corrected chi connectivity index (χ3v) is 9.61. The highest BCUT2D eigenvalue weighted by Crippen LogP contribution is 2.41. The van der Waals surface area contributed by atoms with Gasteiger partial charge in [-0.25, -0.2) is 9.97 Å². The Morgan fingerprint density at radius 1 is 0.574 bits per heavy atom. The van der Waals surface area contributed by atoms with Gasteiger partial charge in [0.05, 0.1) is 16.8 Å². The molecule has 0 saturated heterocycles. The lowest BCUT2D eigenvalue weighted by Gasteiger charge is -2.22. The van der Waals surface area contributed by atoms with E-state index in [-0.39, 0.29) is 5.78 Å². The highest BCUT2D eigenvalue weighted by molar-refractivity contribution is 6.27. The molecule has 0 saturated carbocycles. The third-order valence-electron chi connectivity index (χ3n) is 9.61. The molecule has 4 heteroatoms. The van der Waals surface area contributed by atoms with Gasteiger partial charge < -0.3 is 5.32 Å². The van der Waals surface area contributed by atoms with Gasteiger partial charge in [-0.1, -0.05) is 151 Å². The summed E-state index contributed by atoms with van der Waals surface area (Å²) in [5.41, 5.74) is 9.58. The number of rotatable bonds is 17. The van der Waals surface area contributed by atoms with Gasteiger partial charge in [0.1, 0.15) is 0 Å². The van der Waals surface area contributed by atoms with Crippen molar-refractivity contribution in [1.29, 1.82) is 0 Å². The van der Waals surface area contributed by atoms with Crippen molar-refractivity contribution in [2.75, 3.05) is 11.9 Å². The molecule has 242 valence electrons. The fraction of sp³-hybridized carbons (Fsp3) is 0.372. The summed E-state index contributed by atoms with van der Waals surface area (Å²) in [5, 5.41) is 4.43. The van der Waals surface area contributed by atoms with Crippen molar-refractivity contribution in [3.8, 4) is 33.8 Å². The summed E-state index contributed by atoms with van der Waals surface area (Å²) in [6.45, 7) is 5.36. The van der Waals surface area contributed by atoms with E-state index in [1.807, 2.05) is 36.4 Å². The van der Waals surface area contributed by atoms with E-state index in [0.717, 1.165) is 52.8 Å². The lowest BCUT2D eigenvalue weighted by molar-refractivity contribution is 0.104. The Hall–Kier alpha value is -4.31. The Bertz CT molecular complexity index is 1790. The number of benzene rings is 4. The Kier molecular flexibility index (Phi) is 11.1. The van der Waals surface area contributed by atoms with Gasteiger partial charge in [-0.15, -0.1) is 0 Å². The predicted molar refractivity (Wildman–Crippen MR) is 198 cm³/mol.